The predicted octanol–water partition coefficient (Wildman–Crippen LogP) is 1.65. The summed E-state index contributed by atoms with van der Waals surface area (Å²) in [5, 5.41) is 0. The first-order valence-electron chi connectivity index (χ1n) is 11.6. The van der Waals surface area contributed by atoms with E-state index in [2.05, 4.69) is 14.4 Å². The number of aryl methyl sites for hydroxylation is 3. The first kappa shape index (κ1) is 22.4. The molecule has 34 heavy (non-hydrogen) atoms. The Kier molecular flexibility index (Phi) is 5.55. The van der Waals surface area contributed by atoms with Crippen LogP contribution < -0.4 is 16.1 Å². The lowest BCUT2D eigenvalue weighted by Gasteiger charge is -2.36. The van der Waals surface area contributed by atoms with Gasteiger partial charge in [-0.1, -0.05) is 12.1 Å². The van der Waals surface area contributed by atoms with Crippen molar-refractivity contribution in [2.45, 2.75) is 26.8 Å². The number of fused-ring (bicyclic) bond motifs is 3. The molecule has 180 valence electrons. The predicted molar refractivity (Wildman–Crippen MR) is 130 cm³/mol. The Labute approximate surface area is 196 Å². The molecule has 1 aliphatic rings. The monoisotopic (exact) mass is 467 g/mol. The highest BCUT2D eigenvalue weighted by molar-refractivity contribution is 5.76. The van der Waals surface area contributed by atoms with Gasteiger partial charge in [-0.25, -0.2) is 9.18 Å². The Morgan fingerprint density at radius 2 is 1.65 bits per heavy atom. The van der Waals surface area contributed by atoms with Crippen LogP contribution in [0.1, 0.15) is 17.8 Å². The summed E-state index contributed by atoms with van der Waals surface area (Å²) in [6, 6.07) is 6.94. The fourth-order valence-electron chi connectivity index (χ4n) is 5.03. The standard InChI is InChI=1S/C24H30FN7O2/c1-16-17(2)32-20-21(27(3)24(34)28(4)22(20)33)26-23(32)31(16)11-7-10-29-12-14-30(15-13-29)19-9-6-5-8-18(19)25/h5-6,8-9H,7,10-15H2,1-4H3. The minimum atomic E-state index is -0.381. The second-order valence-electron chi connectivity index (χ2n) is 9.08. The largest absolute Gasteiger partial charge is 0.367 e. The van der Waals surface area contributed by atoms with E-state index in [1.165, 1.54) is 17.7 Å². The average molecular weight is 468 g/mol. The summed E-state index contributed by atoms with van der Waals surface area (Å²) in [5.74, 6) is 0.519. The third kappa shape index (κ3) is 3.44. The van der Waals surface area contributed by atoms with Gasteiger partial charge >= 0.3 is 5.69 Å². The quantitative estimate of drug-likeness (QED) is 0.446. The normalized spacial score (nSPS) is 15.1. The van der Waals surface area contributed by atoms with Gasteiger partial charge in [-0.15, -0.1) is 0 Å². The number of halogens is 1. The van der Waals surface area contributed by atoms with Gasteiger partial charge in [0.25, 0.3) is 5.56 Å². The van der Waals surface area contributed by atoms with Crippen molar-refractivity contribution in [1.29, 1.82) is 0 Å². The summed E-state index contributed by atoms with van der Waals surface area (Å²) in [6.07, 6.45) is 0.921. The number of piperazine rings is 1. The van der Waals surface area contributed by atoms with E-state index in [4.69, 9.17) is 4.98 Å². The van der Waals surface area contributed by atoms with Crippen LogP contribution >= 0.6 is 0 Å². The second-order valence-corrected chi connectivity index (χ2v) is 9.08. The van der Waals surface area contributed by atoms with Gasteiger partial charge in [0.15, 0.2) is 11.2 Å². The fraction of sp³-hybridized carbons (Fsp3) is 0.458. The molecule has 0 amide bonds. The third-order valence-electron chi connectivity index (χ3n) is 7.17. The highest BCUT2D eigenvalue weighted by Crippen LogP contribution is 2.22. The van der Waals surface area contributed by atoms with Crippen molar-refractivity contribution < 1.29 is 4.39 Å². The molecule has 0 saturated carbocycles. The molecule has 4 heterocycles. The molecule has 1 aromatic carbocycles. The molecule has 0 bridgehead atoms. The van der Waals surface area contributed by atoms with Gasteiger partial charge in [0, 0.05) is 58.2 Å². The lowest BCUT2D eigenvalue weighted by molar-refractivity contribution is 0.250. The van der Waals surface area contributed by atoms with E-state index in [9.17, 15) is 14.0 Å². The number of nitrogens with zero attached hydrogens (tertiary/aromatic N) is 7. The molecule has 0 aliphatic carbocycles. The summed E-state index contributed by atoms with van der Waals surface area (Å²) in [4.78, 5) is 34.4. The molecule has 9 nitrogen and oxygen atoms in total. The molecule has 1 saturated heterocycles. The first-order chi connectivity index (χ1) is 16.3. The lowest BCUT2D eigenvalue weighted by atomic mass is 10.2. The van der Waals surface area contributed by atoms with E-state index >= 15 is 0 Å². The lowest BCUT2D eigenvalue weighted by Crippen LogP contribution is -2.47. The van der Waals surface area contributed by atoms with Gasteiger partial charge in [-0.05, 0) is 38.9 Å². The number of benzene rings is 1. The SMILES string of the molecule is Cc1c(C)n2c3c(=O)n(C)c(=O)n(C)c3nc2n1CCCN1CCN(c2ccccc2F)CC1. The molecule has 1 fully saturated rings. The molecule has 4 aromatic rings. The van der Waals surface area contributed by atoms with Crippen LogP contribution in [-0.2, 0) is 20.6 Å². The van der Waals surface area contributed by atoms with Crippen LogP contribution in [0.25, 0.3) is 16.9 Å². The third-order valence-corrected chi connectivity index (χ3v) is 7.17. The smallest absolute Gasteiger partial charge is 0.332 e. The Morgan fingerprint density at radius 3 is 2.35 bits per heavy atom. The molecule has 1 aliphatic heterocycles. The van der Waals surface area contributed by atoms with E-state index in [0.29, 0.717) is 22.6 Å². The highest BCUT2D eigenvalue weighted by Gasteiger charge is 2.22. The van der Waals surface area contributed by atoms with E-state index in [1.54, 1.807) is 13.1 Å². The zero-order valence-electron chi connectivity index (χ0n) is 20.1. The number of rotatable bonds is 5. The number of imidazole rings is 2. The molecule has 0 N–H and O–H groups in total. The molecule has 0 spiro atoms. The van der Waals surface area contributed by atoms with Gasteiger partial charge in [-0.3, -0.25) is 23.2 Å². The summed E-state index contributed by atoms with van der Waals surface area (Å²) >= 11 is 0. The Bertz CT molecular complexity index is 1500. The fourth-order valence-corrected chi connectivity index (χ4v) is 5.03. The maximum atomic E-state index is 14.1. The number of aromatic nitrogens is 5. The van der Waals surface area contributed by atoms with Crippen LogP contribution in [0.4, 0.5) is 10.1 Å². The Hall–Kier alpha value is -3.40. The maximum Gasteiger partial charge on any atom is 0.332 e. The summed E-state index contributed by atoms with van der Waals surface area (Å²) in [6.45, 7) is 9.08. The van der Waals surface area contributed by atoms with Crippen LogP contribution in [-0.4, -0.2) is 60.7 Å². The molecule has 0 unspecified atom stereocenters. The number of anilines is 1. The minimum Gasteiger partial charge on any atom is -0.367 e. The van der Waals surface area contributed by atoms with Crippen molar-refractivity contribution in [2.24, 2.45) is 14.1 Å². The maximum absolute atomic E-state index is 14.1. The number of hydrogen-bond acceptors (Lipinski definition) is 5. The van der Waals surface area contributed by atoms with Gasteiger partial charge in [-0.2, -0.15) is 4.98 Å². The van der Waals surface area contributed by atoms with Crippen molar-refractivity contribution in [3.8, 4) is 0 Å². The summed E-state index contributed by atoms with van der Waals surface area (Å²) in [7, 11) is 3.14. The van der Waals surface area contributed by atoms with E-state index in [0.717, 1.165) is 61.6 Å². The van der Waals surface area contributed by atoms with Gasteiger partial charge < -0.3 is 9.47 Å². The van der Waals surface area contributed by atoms with Gasteiger partial charge in [0.05, 0.1) is 5.69 Å². The minimum absolute atomic E-state index is 0.169. The van der Waals surface area contributed by atoms with Crippen molar-refractivity contribution in [1.82, 2.24) is 28.0 Å². The van der Waals surface area contributed by atoms with E-state index in [1.807, 2.05) is 30.4 Å². The average Bonchev–Trinajstić information content (AvgIpc) is 3.33. The Balaban J connectivity index is 1.32. The van der Waals surface area contributed by atoms with Crippen molar-refractivity contribution >= 4 is 22.6 Å². The molecule has 0 radical (unpaired) electrons. The van der Waals surface area contributed by atoms with Gasteiger partial charge in [0.2, 0.25) is 5.78 Å². The van der Waals surface area contributed by atoms with E-state index in [-0.39, 0.29) is 17.1 Å². The summed E-state index contributed by atoms with van der Waals surface area (Å²) < 4.78 is 20.7. The van der Waals surface area contributed by atoms with Crippen molar-refractivity contribution in [2.75, 3.05) is 37.6 Å². The van der Waals surface area contributed by atoms with Gasteiger partial charge in [0.1, 0.15) is 5.82 Å². The van der Waals surface area contributed by atoms with Crippen LogP contribution in [0.5, 0.6) is 0 Å². The molecular formula is C24H30FN7O2. The molecule has 10 heteroatoms. The molecular weight excluding hydrogens is 437 g/mol. The van der Waals surface area contributed by atoms with Crippen molar-refractivity contribution in [3.63, 3.8) is 0 Å². The highest BCUT2D eigenvalue weighted by atomic mass is 19.1. The van der Waals surface area contributed by atoms with Crippen LogP contribution in [0.3, 0.4) is 0 Å². The molecule has 0 atom stereocenters. The summed E-state index contributed by atoms with van der Waals surface area (Å²) in [5.41, 5.74) is 2.81. The second kappa shape index (κ2) is 8.43. The molecule has 3 aromatic heterocycles. The first-order valence-corrected chi connectivity index (χ1v) is 11.6. The van der Waals surface area contributed by atoms with Crippen LogP contribution in [0.2, 0.25) is 0 Å². The zero-order valence-corrected chi connectivity index (χ0v) is 20.1. The van der Waals surface area contributed by atoms with Crippen LogP contribution in [0, 0.1) is 19.7 Å². The number of hydrogen-bond donors (Lipinski definition) is 0. The molecule has 5 rings (SSSR count). The van der Waals surface area contributed by atoms with Crippen molar-refractivity contribution in [3.05, 3.63) is 62.3 Å². The van der Waals surface area contributed by atoms with Crippen LogP contribution in [0.15, 0.2) is 33.9 Å². The number of para-hydroxylation sites is 1. The van der Waals surface area contributed by atoms with E-state index < -0.39 is 0 Å². The Morgan fingerprint density at radius 1 is 0.941 bits per heavy atom. The topological polar surface area (TPSA) is 72.7 Å². The zero-order chi connectivity index (χ0) is 24.1.